The summed E-state index contributed by atoms with van der Waals surface area (Å²) in [4.78, 5) is 11.0. The number of rotatable bonds is 1. The molecule has 0 heterocycles. The Hall–Kier alpha value is -0.575. The molecule has 0 aliphatic heterocycles. The van der Waals surface area contributed by atoms with E-state index in [2.05, 4.69) is 17.0 Å². The molecule has 0 aromatic heterocycles. The van der Waals surface area contributed by atoms with Crippen LogP contribution in [0.1, 0.15) is 6.92 Å². The summed E-state index contributed by atoms with van der Waals surface area (Å²) in [5.41, 5.74) is 1.25. The second-order valence-electron chi connectivity index (χ2n) is 2.72. The zero-order valence-corrected chi connectivity index (χ0v) is 14.4. The van der Waals surface area contributed by atoms with Gasteiger partial charge in [0.15, 0.2) is 0 Å². The van der Waals surface area contributed by atoms with Gasteiger partial charge in [-0.05, 0) is 19.1 Å². The first-order valence-electron chi connectivity index (χ1n) is 3.94. The first kappa shape index (κ1) is 15.9. The van der Waals surface area contributed by atoms with Crippen LogP contribution < -0.4 is 10.0 Å². The van der Waals surface area contributed by atoms with Crippen LogP contribution in [0.4, 0.5) is 5.69 Å². The van der Waals surface area contributed by atoms with Crippen molar-refractivity contribution in [3.63, 3.8) is 0 Å². The molecule has 0 spiro atoms. The van der Waals surface area contributed by atoms with Gasteiger partial charge < -0.3 is 14.8 Å². The molecule has 0 saturated carbocycles. The third kappa shape index (κ3) is 9.51. The van der Waals surface area contributed by atoms with Crippen LogP contribution in [0, 0.1) is 0 Å². The van der Waals surface area contributed by atoms with Crippen LogP contribution in [-0.4, -0.2) is 20.1 Å². The minimum absolute atomic E-state index is 0. The van der Waals surface area contributed by atoms with Crippen LogP contribution in [0.3, 0.4) is 0 Å². The number of carboxylic acids is 1. The van der Waals surface area contributed by atoms with E-state index in [0.29, 0.717) is 0 Å². The van der Waals surface area contributed by atoms with Gasteiger partial charge in [0.1, 0.15) is 0 Å². The number of carboxylic acid groups (broad SMARTS) is 1. The van der Waals surface area contributed by atoms with Gasteiger partial charge in [-0.2, -0.15) is 0 Å². The topological polar surface area (TPSA) is 43.4 Å². The van der Waals surface area contributed by atoms with Crippen molar-refractivity contribution >= 4 is 11.7 Å². The summed E-state index contributed by atoms with van der Waals surface area (Å²) in [6.07, 6.45) is 0. The summed E-state index contributed by atoms with van der Waals surface area (Å²) in [7, 11) is 4.07. The van der Waals surface area contributed by atoms with Crippen molar-refractivity contribution in [1.82, 2.24) is 0 Å². The molecule has 0 fully saturated rings. The van der Waals surface area contributed by atoms with Crippen molar-refractivity contribution in [3.8, 4) is 0 Å². The number of hydrogen-bond donors (Lipinski definition) is 0. The Kier molecular flexibility index (Phi) is 10.2. The Labute approximate surface area is 105 Å². The van der Waals surface area contributed by atoms with E-state index in [0.717, 1.165) is 6.92 Å². The molecule has 0 N–H and O–H groups in total. The number of hydrogen-bond acceptors (Lipinski definition) is 3. The summed E-state index contributed by atoms with van der Waals surface area (Å²) in [6.45, 7) is 0.972. The number of anilines is 1. The summed E-state index contributed by atoms with van der Waals surface area (Å²) in [6, 6.07) is 10.3. The predicted molar refractivity (Wildman–Crippen MR) is 51.5 cm³/mol. The third-order valence-corrected chi connectivity index (χ3v) is 1.27. The fraction of sp³-hybridized carbons (Fsp3) is 0.300. The van der Waals surface area contributed by atoms with Gasteiger partial charge in [0.2, 0.25) is 0 Å². The smallest absolute Gasteiger partial charge is 0.550 e. The van der Waals surface area contributed by atoms with E-state index >= 15 is 0 Å². The molecule has 0 aliphatic carbocycles. The molecule has 1 aromatic rings. The van der Waals surface area contributed by atoms with Gasteiger partial charge in [-0.3, -0.25) is 0 Å². The van der Waals surface area contributed by atoms with Crippen molar-refractivity contribution in [2.45, 2.75) is 6.92 Å². The van der Waals surface area contributed by atoms with Gasteiger partial charge >= 0.3 is 27.7 Å². The van der Waals surface area contributed by atoms with Crippen LogP contribution in [0.2, 0.25) is 0 Å². The fourth-order valence-electron chi connectivity index (χ4n) is 0.726. The van der Waals surface area contributed by atoms with E-state index in [1.54, 1.807) is 0 Å². The minimum Gasteiger partial charge on any atom is -0.550 e. The average Bonchev–Trinajstić information content (AvgIpc) is 2.05. The number of carbonyl (C=O) groups is 1. The zero-order chi connectivity index (χ0) is 10.3. The van der Waals surface area contributed by atoms with Crippen molar-refractivity contribution < 1.29 is 37.6 Å². The van der Waals surface area contributed by atoms with E-state index in [-0.39, 0.29) is 27.7 Å². The largest absolute Gasteiger partial charge is 1.00 e. The molecule has 1 rings (SSSR count). The van der Waals surface area contributed by atoms with Gasteiger partial charge in [0.05, 0.1) is 0 Å². The molecule has 73 valence electrons. The summed E-state index contributed by atoms with van der Waals surface area (Å²) >= 11 is 0. The van der Waals surface area contributed by atoms with E-state index < -0.39 is 5.97 Å². The third-order valence-electron chi connectivity index (χ3n) is 1.27. The molecule has 1 radical (unpaired) electrons. The normalized spacial score (nSPS) is 7.64. The number of para-hydroxylation sites is 1. The molecule has 4 heteroatoms. The number of aliphatic carboxylic acids is 1. The summed E-state index contributed by atoms with van der Waals surface area (Å²) in [5.74, 6) is -1.08. The zero-order valence-electron chi connectivity index (χ0n) is 8.86. The van der Waals surface area contributed by atoms with Crippen molar-refractivity contribution in [3.05, 3.63) is 30.3 Å². The molecular weight excluding hydrogens is 367 g/mol. The van der Waals surface area contributed by atoms with Gasteiger partial charge in [-0.15, -0.1) is 0 Å². The van der Waals surface area contributed by atoms with E-state index in [4.69, 9.17) is 9.90 Å². The van der Waals surface area contributed by atoms with E-state index in [9.17, 15) is 0 Å². The molecular formula is C10H14HgNO2. The number of benzene rings is 1. The van der Waals surface area contributed by atoms with Crippen molar-refractivity contribution in [2.75, 3.05) is 19.0 Å². The molecule has 3 nitrogen and oxygen atoms in total. The fourth-order valence-corrected chi connectivity index (χ4v) is 0.726. The van der Waals surface area contributed by atoms with Gasteiger partial charge in [0, 0.05) is 25.8 Å². The number of nitrogens with zero attached hydrogens (tertiary/aromatic N) is 1. The molecule has 0 bridgehead atoms. The quantitative estimate of drug-likeness (QED) is 0.667. The molecule has 0 saturated heterocycles. The molecule has 0 atom stereocenters. The van der Waals surface area contributed by atoms with E-state index in [1.807, 2.05) is 32.3 Å². The molecule has 0 amide bonds. The molecule has 0 unspecified atom stereocenters. The summed E-state index contributed by atoms with van der Waals surface area (Å²) in [5, 5.41) is 8.89. The second-order valence-corrected chi connectivity index (χ2v) is 2.72. The monoisotopic (exact) mass is 382 g/mol. The van der Waals surface area contributed by atoms with Crippen LogP contribution >= 0.6 is 0 Å². The standard InChI is InChI=1S/C8H11N.C2H4O2.Hg/c1-9(2)8-6-4-3-5-7-8;1-2(3)4;/h3-7H,1-2H3;1H3,(H,3,4);/q;;+1/p-1. The Morgan fingerprint density at radius 1 is 1.21 bits per heavy atom. The predicted octanol–water partition coefficient (Wildman–Crippen LogP) is 0.506. The van der Waals surface area contributed by atoms with Crippen LogP contribution in [0.5, 0.6) is 0 Å². The SMILES string of the molecule is CC(=O)[O-].CN(C)c1ccccc1.[Hg+]. The second kappa shape index (κ2) is 9.00. The Morgan fingerprint density at radius 2 is 1.57 bits per heavy atom. The maximum Gasteiger partial charge on any atom is 1.00 e. The van der Waals surface area contributed by atoms with E-state index in [1.165, 1.54) is 5.69 Å². The van der Waals surface area contributed by atoms with Crippen LogP contribution in [-0.2, 0) is 32.5 Å². The molecule has 1 aromatic carbocycles. The summed E-state index contributed by atoms with van der Waals surface area (Å²) < 4.78 is 0. The average molecular weight is 381 g/mol. The maximum atomic E-state index is 8.89. The van der Waals surface area contributed by atoms with Crippen LogP contribution in [0.25, 0.3) is 0 Å². The van der Waals surface area contributed by atoms with Crippen LogP contribution in [0.15, 0.2) is 30.3 Å². The molecule has 14 heavy (non-hydrogen) atoms. The van der Waals surface area contributed by atoms with Gasteiger partial charge in [-0.1, -0.05) is 18.2 Å². The maximum absolute atomic E-state index is 8.89. The Morgan fingerprint density at radius 3 is 1.79 bits per heavy atom. The molecule has 0 aliphatic rings. The number of carbonyl (C=O) groups excluding carboxylic acids is 1. The van der Waals surface area contributed by atoms with Crippen molar-refractivity contribution in [2.24, 2.45) is 0 Å². The van der Waals surface area contributed by atoms with Gasteiger partial charge in [0.25, 0.3) is 0 Å². The first-order valence-corrected chi connectivity index (χ1v) is 3.94. The first-order chi connectivity index (χ1) is 6.04. The minimum atomic E-state index is -1.08. The van der Waals surface area contributed by atoms with Gasteiger partial charge in [-0.25, -0.2) is 0 Å². The Bertz CT molecular complexity index is 246. The Balaban J connectivity index is 0. The van der Waals surface area contributed by atoms with Crippen molar-refractivity contribution in [1.29, 1.82) is 0 Å².